The molecule has 0 aliphatic carbocycles. The molecule has 1 aliphatic heterocycles. The molecule has 0 aromatic heterocycles. The molecule has 1 saturated heterocycles. The van der Waals surface area contributed by atoms with Crippen molar-refractivity contribution in [3.05, 3.63) is 23.8 Å². The average Bonchev–Trinajstić information content (AvgIpc) is 2.59. The summed E-state index contributed by atoms with van der Waals surface area (Å²) >= 11 is 0. The van der Waals surface area contributed by atoms with Crippen LogP contribution in [0, 0.1) is 11.8 Å². The summed E-state index contributed by atoms with van der Waals surface area (Å²) in [5, 5.41) is 6.03. The van der Waals surface area contributed by atoms with Crippen LogP contribution in [-0.4, -0.2) is 32.1 Å². The summed E-state index contributed by atoms with van der Waals surface area (Å²) in [7, 11) is 3.20. The van der Waals surface area contributed by atoms with Gasteiger partial charge in [0.2, 0.25) is 11.8 Å². The molecular weight excluding hydrogens is 332 g/mol. The van der Waals surface area contributed by atoms with Gasteiger partial charge in [0.15, 0.2) is 0 Å². The lowest BCUT2D eigenvalue weighted by Gasteiger charge is -2.31. The monoisotopic (exact) mass is 362 g/mol. The Morgan fingerprint density at radius 1 is 1.27 bits per heavy atom. The Hall–Kier alpha value is -2.24. The third kappa shape index (κ3) is 5.13. The molecule has 2 rings (SSSR count). The Bertz CT molecular complexity index is 645. The quantitative estimate of drug-likeness (QED) is 0.782. The third-order valence-electron chi connectivity index (χ3n) is 4.75. The first-order chi connectivity index (χ1) is 12.3. The number of carbonyl (C=O) groups is 2. The number of amides is 2. The fraction of sp³-hybridized carbons (Fsp3) is 0.600. The molecule has 1 aliphatic rings. The number of ether oxygens (including phenoxy) is 2. The highest BCUT2D eigenvalue weighted by molar-refractivity contribution is 5.87. The van der Waals surface area contributed by atoms with Crippen LogP contribution in [-0.2, 0) is 9.59 Å². The Morgan fingerprint density at radius 3 is 2.62 bits per heavy atom. The molecule has 0 spiro atoms. The highest BCUT2D eigenvalue weighted by Gasteiger charge is 2.32. The van der Waals surface area contributed by atoms with E-state index in [1.54, 1.807) is 14.2 Å². The predicted octanol–water partition coefficient (Wildman–Crippen LogP) is 2.82. The van der Waals surface area contributed by atoms with Gasteiger partial charge in [-0.05, 0) is 43.9 Å². The Balaban J connectivity index is 2.07. The van der Waals surface area contributed by atoms with Gasteiger partial charge in [0.05, 0.1) is 20.3 Å². The van der Waals surface area contributed by atoms with E-state index in [-0.39, 0.29) is 36.2 Å². The smallest absolute Gasteiger partial charge is 0.224 e. The number of carbonyl (C=O) groups excluding carboxylic acids is 2. The third-order valence-corrected chi connectivity index (χ3v) is 4.75. The number of nitrogens with one attached hydrogen (secondary N) is 2. The van der Waals surface area contributed by atoms with Gasteiger partial charge in [-0.25, -0.2) is 0 Å². The number of rotatable bonds is 7. The van der Waals surface area contributed by atoms with E-state index in [0.29, 0.717) is 23.8 Å². The molecule has 26 heavy (non-hydrogen) atoms. The molecule has 2 N–H and O–H groups in total. The second-order valence-corrected chi connectivity index (χ2v) is 7.37. The summed E-state index contributed by atoms with van der Waals surface area (Å²) in [5.74, 6) is 1.43. The summed E-state index contributed by atoms with van der Waals surface area (Å²) < 4.78 is 10.7. The SMILES string of the molecule is COc1ccc(OC)c([C@H](C)NC(=O)[C@@H]2CC(=O)N[C@@H](CC(C)C)C2)c1. The van der Waals surface area contributed by atoms with Crippen molar-refractivity contribution in [3.8, 4) is 11.5 Å². The number of methoxy groups -OCH3 is 2. The van der Waals surface area contributed by atoms with E-state index in [9.17, 15) is 9.59 Å². The zero-order chi connectivity index (χ0) is 19.3. The number of hydrogen-bond donors (Lipinski definition) is 2. The summed E-state index contributed by atoms with van der Waals surface area (Å²) in [6, 6.07) is 5.32. The highest BCUT2D eigenvalue weighted by atomic mass is 16.5. The lowest BCUT2D eigenvalue weighted by molar-refractivity contribution is -0.134. The largest absolute Gasteiger partial charge is 0.497 e. The molecular formula is C20H30N2O4. The summed E-state index contributed by atoms with van der Waals surface area (Å²) in [6.07, 6.45) is 1.80. The Labute approximate surface area is 155 Å². The maximum absolute atomic E-state index is 12.7. The Kier molecular flexibility index (Phi) is 6.89. The van der Waals surface area contributed by atoms with Crippen LogP contribution in [0.4, 0.5) is 0 Å². The van der Waals surface area contributed by atoms with Crippen LogP contribution in [0.25, 0.3) is 0 Å². The second-order valence-electron chi connectivity index (χ2n) is 7.37. The minimum Gasteiger partial charge on any atom is -0.497 e. The molecule has 1 aromatic rings. The zero-order valence-corrected chi connectivity index (χ0v) is 16.3. The Morgan fingerprint density at radius 2 is 2.00 bits per heavy atom. The normalized spacial score (nSPS) is 21.1. The van der Waals surface area contributed by atoms with E-state index in [2.05, 4.69) is 24.5 Å². The zero-order valence-electron chi connectivity index (χ0n) is 16.3. The van der Waals surface area contributed by atoms with Gasteiger partial charge in [-0.15, -0.1) is 0 Å². The number of benzene rings is 1. The maximum Gasteiger partial charge on any atom is 0.224 e. The van der Waals surface area contributed by atoms with Crippen molar-refractivity contribution in [2.75, 3.05) is 14.2 Å². The first kappa shape index (κ1) is 20.1. The van der Waals surface area contributed by atoms with E-state index in [4.69, 9.17) is 9.47 Å². The first-order valence-electron chi connectivity index (χ1n) is 9.15. The van der Waals surface area contributed by atoms with Gasteiger partial charge in [0.25, 0.3) is 0 Å². The molecule has 0 radical (unpaired) electrons. The van der Waals surface area contributed by atoms with Gasteiger partial charge >= 0.3 is 0 Å². The predicted molar refractivity (Wildman–Crippen MR) is 100 cm³/mol. The van der Waals surface area contributed by atoms with Crippen LogP contribution >= 0.6 is 0 Å². The van der Waals surface area contributed by atoms with Crippen LogP contribution in [0.3, 0.4) is 0 Å². The summed E-state index contributed by atoms with van der Waals surface area (Å²) in [6.45, 7) is 6.14. The standard InChI is InChI=1S/C20H30N2O4/c1-12(2)8-15-9-14(10-19(23)22-15)20(24)21-13(3)17-11-16(25-4)6-7-18(17)26-5/h6-7,11-15H,8-10H2,1-5H3,(H,21,24)(H,22,23)/t13-,14-,15-/m0/s1. The first-order valence-corrected chi connectivity index (χ1v) is 9.15. The second kappa shape index (κ2) is 8.92. The van der Waals surface area contributed by atoms with Crippen molar-refractivity contribution in [3.63, 3.8) is 0 Å². The molecule has 6 heteroatoms. The van der Waals surface area contributed by atoms with Crippen molar-refractivity contribution in [1.82, 2.24) is 10.6 Å². The average molecular weight is 362 g/mol. The van der Waals surface area contributed by atoms with Crippen LogP contribution < -0.4 is 20.1 Å². The number of piperidine rings is 1. The van der Waals surface area contributed by atoms with Gasteiger partial charge in [-0.3, -0.25) is 9.59 Å². The molecule has 0 unspecified atom stereocenters. The molecule has 0 bridgehead atoms. The van der Waals surface area contributed by atoms with Crippen molar-refractivity contribution in [2.24, 2.45) is 11.8 Å². The van der Waals surface area contributed by atoms with Crippen molar-refractivity contribution >= 4 is 11.8 Å². The molecule has 6 nitrogen and oxygen atoms in total. The lowest BCUT2D eigenvalue weighted by Crippen LogP contribution is -2.47. The molecule has 2 amide bonds. The van der Waals surface area contributed by atoms with Gasteiger partial charge < -0.3 is 20.1 Å². The molecule has 1 heterocycles. The molecule has 1 aromatic carbocycles. The van der Waals surface area contributed by atoms with E-state index in [1.165, 1.54) is 0 Å². The molecule has 144 valence electrons. The minimum absolute atomic E-state index is 0.0475. The van der Waals surface area contributed by atoms with Crippen LogP contribution in [0.5, 0.6) is 11.5 Å². The van der Waals surface area contributed by atoms with Crippen LogP contribution in [0.15, 0.2) is 18.2 Å². The van der Waals surface area contributed by atoms with E-state index >= 15 is 0 Å². The van der Waals surface area contributed by atoms with Gasteiger partial charge in [0, 0.05) is 23.9 Å². The van der Waals surface area contributed by atoms with Crippen LogP contribution in [0.1, 0.15) is 51.6 Å². The maximum atomic E-state index is 12.7. The van der Waals surface area contributed by atoms with Gasteiger partial charge in [-0.1, -0.05) is 13.8 Å². The fourth-order valence-electron chi connectivity index (χ4n) is 3.51. The van der Waals surface area contributed by atoms with Crippen molar-refractivity contribution < 1.29 is 19.1 Å². The van der Waals surface area contributed by atoms with E-state index < -0.39 is 0 Å². The van der Waals surface area contributed by atoms with Crippen LogP contribution in [0.2, 0.25) is 0 Å². The lowest BCUT2D eigenvalue weighted by atomic mass is 9.87. The molecule has 1 fully saturated rings. The van der Waals surface area contributed by atoms with Crippen molar-refractivity contribution in [2.45, 2.75) is 52.1 Å². The fourth-order valence-corrected chi connectivity index (χ4v) is 3.51. The minimum atomic E-state index is -0.299. The van der Waals surface area contributed by atoms with Gasteiger partial charge in [0.1, 0.15) is 11.5 Å². The molecule has 0 saturated carbocycles. The summed E-state index contributed by atoms with van der Waals surface area (Å²) in [5.41, 5.74) is 0.846. The van der Waals surface area contributed by atoms with Gasteiger partial charge in [-0.2, -0.15) is 0 Å². The molecule has 3 atom stereocenters. The van der Waals surface area contributed by atoms with Crippen molar-refractivity contribution in [1.29, 1.82) is 0 Å². The topological polar surface area (TPSA) is 76.7 Å². The highest BCUT2D eigenvalue weighted by Crippen LogP contribution is 2.30. The van der Waals surface area contributed by atoms with E-state index in [1.807, 2.05) is 25.1 Å². The number of hydrogen-bond acceptors (Lipinski definition) is 4. The van der Waals surface area contributed by atoms with E-state index in [0.717, 1.165) is 12.0 Å². The summed E-state index contributed by atoms with van der Waals surface area (Å²) in [4.78, 5) is 24.7.